The van der Waals surface area contributed by atoms with Crippen molar-refractivity contribution >= 4 is 23.1 Å². The minimum absolute atomic E-state index is 0.654. The van der Waals surface area contributed by atoms with Crippen LogP contribution in [0.15, 0.2) is 75.3 Å². The standard InChI is InChI=1S/C18H16N4O/c1-13(21-17-7-3-5-11-19-17)15-9-10-16(23-15)14(2)22-18-8-4-6-12-20-18/h3-12H,1-2H3/b21-13+,22-14+. The molecule has 5 heteroatoms. The van der Waals surface area contributed by atoms with E-state index in [1.807, 2.05) is 62.4 Å². The average Bonchev–Trinajstić information content (AvgIpc) is 3.07. The second-order valence-corrected chi connectivity index (χ2v) is 4.93. The van der Waals surface area contributed by atoms with E-state index in [1.54, 1.807) is 12.4 Å². The summed E-state index contributed by atoms with van der Waals surface area (Å²) < 4.78 is 5.83. The van der Waals surface area contributed by atoms with Crippen LogP contribution in [0.4, 0.5) is 11.6 Å². The molecule has 0 amide bonds. The molecular formula is C18H16N4O. The molecule has 0 fully saturated rings. The van der Waals surface area contributed by atoms with Gasteiger partial charge in [0.1, 0.15) is 11.5 Å². The summed E-state index contributed by atoms with van der Waals surface area (Å²) in [6.45, 7) is 3.78. The molecule has 0 aliphatic heterocycles. The second-order valence-electron chi connectivity index (χ2n) is 4.93. The highest BCUT2D eigenvalue weighted by molar-refractivity contribution is 6.01. The largest absolute Gasteiger partial charge is 0.454 e. The SMILES string of the molecule is C/C(=N\c1ccccn1)c1ccc(/C(C)=N/c2ccccn2)o1. The van der Waals surface area contributed by atoms with Gasteiger partial charge in [0.25, 0.3) is 0 Å². The van der Waals surface area contributed by atoms with Crippen LogP contribution >= 0.6 is 0 Å². The summed E-state index contributed by atoms with van der Waals surface area (Å²) in [5.74, 6) is 2.70. The first-order chi connectivity index (χ1) is 11.2. The van der Waals surface area contributed by atoms with Crippen LogP contribution in [0.25, 0.3) is 0 Å². The monoisotopic (exact) mass is 304 g/mol. The Morgan fingerprint density at radius 1 is 0.739 bits per heavy atom. The first-order valence-electron chi connectivity index (χ1n) is 7.25. The molecule has 23 heavy (non-hydrogen) atoms. The molecule has 5 nitrogen and oxygen atoms in total. The van der Waals surface area contributed by atoms with Crippen LogP contribution in [0.3, 0.4) is 0 Å². The molecule has 0 radical (unpaired) electrons. The van der Waals surface area contributed by atoms with Gasteiger partial charge in [-0.15, -0.1) is 0 Å². The van der Waals surface area contributed by atoms with Crippen molar-refractivity contribution in [3.05, 3.63) is 72.4 Å². The van der Waals surface area contributed by atoms with E-state index in [-0.39, 0.29) is 0 Å². The Morgan fingerprint density at radius 2 is 1.22 bits per heavy atom. The van der Waals surface area contributed by atoms with Crippen LogP contribution in [-0.4, -0.2) is 21.4 Å². The highest BCUT2D eigenvalue weighted by Crippen LogP contribution is 2.16. The molecule has 0 bridgehead atoms. The quantitative estimate of drug-likeness (QED) is 0.673. The topological polar surface area (TPSA) is 63.6 Å². The Hall–Kier alpha value is -3.08. The number of rotatable bonds is 4. The molecule has 0 saturated carbocycles. The number of furan rings is 1. The third-order valence-corrected chi connectivity index (χ3v) is 3.18. The molecule has 3 aromatic heterocycles. The fraction of sp³-hybridized carbons (Fsp3) is 0.111. The minimum atomic E-state index is 0.654. The van der Waals surface area contributed by atoms with Gasteiger partial charge >= 0.3 is 0 Å². The van der Waals surface area contributed by atoms with Crippen LogP contribution in [0.5, 0.6) is 0 Å². The fourth-order valence-electron chi connectivity index (χ4n) is 2.02. The van der Waals surface area contributed by atoms with Crippen LogP contribution in [0.1, 0.15) is 25.4 Å². The summed E-state index contributed by atoms with van der Waals surface area (Å²) in [7, 11) is 0. The lowest BCUT2D eigenvalue weighted by Gasteiger charge is -1.98. The number of aromatic nitrogens is 2. The zero-order valence-corrected chi connectivity index (χ0v) is 13.0. The average molecular weight is 304 g/mol. The van der Waals surface area contributed by atoms with E-state index in [9.17, 15) is 0 Å². The van der Waals surface area contributed by atoms with E-state index >= 15 is 0 Å². The molecule has 3 rings (SSSR count). The van der Waals surface area contributed by atoms with Crippen molar-refractivity contribution in [1.82, 2.24) is 9.97 Å². The number of hydrogen-bond donors (Lipinski definition) is 0. The normalized spacial score (nSPS) is 12.4. The lowest BCUT2D eigenvalue weighted by Crippen LogP contribution is -1.94. The van der Waals surface area contributed by atoms with E-state index in [1.165, 1.54) is 0 Å². The lowest BCUT2D eigenvalue weighted by molar-refractivity contribution is 0.547. The van der Waals surface area contributed by atoms with Crippen LogP contribution < -0.4 is 0 Å². The maximum absolute atomic E-state index is 5.83. The van der Waals surface area contributed by atoms with Crippen LogP contribution in [0.2, 0.25) is 0 Å². The van der Waals surface area contributed by atoms with E-state index in [0.717, 1.165) is 11.4 Å². The van der Waals surface area contributed by atoms with Gasteiger partial charge in [0.2, 0.25) is 0 Å². The van der Waals surface area contributed by atoms with E-state index in [0.29, 0.717) is 23.2 Å². The number of hydrogen-bond acceptors (Lipinski definition) is 5. The Labute approximate surface area is 134 Å². The molecule has 0 unspecified atom stereocenters. The predicted octanol–water partition coefficient (Wildman–Crippen LogP) is 4.35. The number of aliphatic imine (C=N–C) groups is 2. The summed E-state index contributed by atoms with van der Waals surface area (Å²) in [6.07, 6.45) is 3.42. The second kappa shape index (κ2) is 6.79. The van der Waals surface area contributed by atoms with E-state index in [2.05, 4.69) is 20.0 Å². The van der Waals surface area contributed by atoms with E-state index < -0.39 is 0 Å². The summed E-state index contributed by atoms with van der Waals surface area (Å²) in [5.41, 5.74) is 1.53. The molecule has 0 spiro atoms. The first kappa shape index (κ1) is 14.8. The molecule has 0 atom stereocenters. The van der Waals surface area contributed by atoms with Crippen molar-refractivity contribution in [3.63, 3.8) is 0 Å². The van der Waals surface area contributed by atoms with Crippen molar-refractivity contribution in [1.29, 1.82) is 0 Å². The van der Waals surface area contributed by atoms with Gasteiger partial charge in [-0.05, 0) is 50.2 Å². The molecule has 3 aromatic rings. The third kappa shape index (κ3) is 3.77. The van der Waals surface area contributed by atoms with Gasteiger partial charge in [-0.3, -0.25) is 0 Å². The van der Waals surface area contributed by atoms with Gasteiger partial charge in [-0.1, -0.05) is 12.1 Å². The minimum Gasteiger partial charge on any atom is -0.454 e. The van der Waals surface area contributed by atoms with Crippen molar-refractivity contribution < 1.29 is 4.42 Å². The lowest BCUT2D eigenvalue weighted by atomic mass is 10.3. The van der Waals surface area contributed by atoms with Gasteiger partial charge in [0.05, 0.1) is 11.4 Å². The molecular weight excluding hydrogens is 288 g/mol. The van der Waals surface area contributed by atoms with Gasteiger partial charge in [-0.25, -0.2) is 20.0 Å². The highest BCUT2D eigenvalue weighted by Gasteiger charge is 2.08. The molecule has 0 aromatic carbocycles. The summed E-state index contributed by atoms with van der Waals surface area (Å²) >= 11 is 0. The maximum Gasteiger partial charge on any atom is 0.152 e. The Morgan fingerprint density at radius 3 is 1.61 bits per heavy atom. The van der Waals surface area contributed by atoms with Gasteiger partial charge in [-0.2, -0.15) is 0 Å². The molecule has 114 valence electrons. The summed E-state index contributed by atoms with van der Waals surface area (Å²) in [6, 6.07) is 15.0. The molecule has 0 aliphatic rings. The van der Waals surface area contributed by atoms with Gasteiger partial charge in [0.15, 0.2) is 11.6 Å². The molecule has 0 N–H and O–H groups in total. The zero-order chi connectivity index (χ0) is 16.1. The van der Waals surface area contributed by atoms with Crippen LogP contribution in [-0.2, 0) is 0 Å². The smallest absolute Gasteiger partial charge is 0.152 e. The maximum atomic E-state index is 5.83. The molecule has 3 heterocycles. The molecule has 0 aliphatic carbocycles. The van der Waals surface area contributed by atoms with Crippen molar-refractivity contribution in [2.24, 2.45) is 9.98 Å². The van der Waals surface area contributed by atoms with E-state index in [4.69, 9.17) is 4.42 Å². The molecule has 0 saturated heterocycles. The zero-order valence-electron chi connectivity index (χ0n) is 13.0. The Kier molecular flexibility index (Phi) is 4.38. The first-order valence-corrected chi connectivity index (χ1v) is 7.25. The number of pyridine rings is 2. The van der Waals surface area contributed by atoms with Crippen molar-refractivity contribution in [3.8, 4) is 0 Å². The number of nitrogens with zero attached hydrogens (tertiary/aromatic N) is 4. The Bertz CT molecular complexity index is 766. The summed E-state index contributed by atoms with van der Waals surface area (Å²) in [5, 5.41) is 0. The Balaban J connectivity index is 1.83. The highest BCUT2D eigenvalue weighted by atomic mass is 16.3. The van der Waals surface area contributed by atoms with Crippen molar-refractivity contribution in [2.75, 3.05) is 0 Å². The fourth-order valence-corrected chi connectivity index (χ4v) is 2.02. The van der Waals surface area contributed by atoms with Crippen molar-refractivity contribution in [2.45, 2.75) is 13.8 Å². The third-order valence-electron chi connectivity index (χ3n) is 3.18. The van der Waals surface area contributed by atoms with Gasteiger partial charge in [0, 0.05) is 12.4 Å². The van der Waals surface area contributed by atoms with Crippen LogP contribution in [0, 0.1) is 0 Å². The predicted molar refractivity (Wildman–Crippen MR) is 90.9 cm³/mol. The summed E-state index contributed by atoms with van der Waals surface area (Å²) in [4.78, 5) is 17.3. The van der Waals surface area contributed by atoms with Gasteiger partial charge < -0.3 is 4.42 Å².